The number of halogens is 1. The van der Waals surface area contributed by atoms with Crippen molar-refractivity contribution in [3.05, 3.63) is 71.4 Å². The zero-order valence-electron chi connectivity index (χ0n) is 14.1. The Morgan fingerprint density at radius 3 is 2.58 bits per heavy atom. The maximum Gasteiger partial charge on any atom is 0.250 e. The molecule has 0 bridgehead atoms. The van der Waals surface area contributed by atoms with Crippen LogP contribution in [0, 0.1) is 12.7 Å². The van der Waals surface area contributed by atoms with Crippen LogP contribution < -0.4 is 4.72 Å². The third kappa shape index (κ3) is 4.53. The zero-order valence-corrected chi connectivity index (χ0v) is 15.0. The van der Waals surface area contributed by atoms with E-state index in [9.17, 15) is 12.8 Å². The number of aromatic nitrogens is 2. The summed E-state index contributed by atoms with van der Waals surface area (Å²) in [5, 5.41) is 7.64. The highest BCUT2D eigenvalue weighted by Crippen LogP contribution is 2.21. The fourth-order valence-electron chi connectivity index (χ4n) is 2.44. The van der Waals surface area contributed by atoms with E-state index < -0.39 is 15.8 Å². The summed E-state index contributed by atoms with van der Waals surface area (Å²) in [4.78, 5) is 0. The maximum absolute atomic E-state index is 13.7. The largest absolute Gasteiger partial charge is 0.421 e. The minimum absolute atomic E-state index is 0.0702. The first-order valence-corrected chi connectivity index (χ1v) is 9.69. The number of hydrogen-bond acceptors (Lipinski definition) is 5. The van der Waals surface area contributed by atoms with Gasteiger partial charge in [-0.2, -0.15) is 0 Å². The molecule has 0 saturated heterocycles. The van der Waals surface area contributed by atoms with E-state index >= 15 is 0 Å². The Hall–Kier alpha value is -2.58. The molecule has 0 radical (unpaired) electrons. The number of aryl methyl sites for hydroxylation is 1. The van der Waals surface area contributed by atoms with Gasteiger partial charge in [0.1, 0.15) is 5.82 Å². The zero-order chi connectivity index (χ0) is 18.6. The van der Waals surface area contributed by atoms with Crippen LogP contribution in [0.1, 0.15) is 17.0 Å². The van der Waals surface area contributed by atoms with Crippen LogP contribution in [0.2, 0.25) is 0 Å². The van der Waals surface area contributed by atoms with Gasteiger partial charge in [-0.15, -0.1) is 10.2 Å². The molecule has 0 aliphatic carbocycles. The second-order valence-corrected chi connectivity index (χ2v) is 7.62. The Morgan fingerprint density at radius 1 is 1.08 bits per heavy atom. The van der Waals surface area contributed by atoms with Crippen molar-refractivity contribution in [2.24, 2.45) is 0 Å². The first-order valence-electron chi connectivity index (χ1n) is 8.04. The molecule has 136 valence electrons. The molecule has 6 nitrogen and oxygen atoms in total. The van der Waals surface area contributed by atoms with Gasteiger partial charge in [0.25, 0.3) is 5.89 Å². The first kappa shape index (κ1) is 18.2. The summed E-state index contributed by atoms with van der Waals surface area (Å²) >= 11 is 0. The minimum atomic E-state index is -3.48. The van der Waals surface area contributed by atoms with Crippen molar-refractivity contribution in [3.8, 4) is 11.5 Å². The lowest BCUT2D eigenvalue weighted by atomic mass is 10.1. The van der Waals surface area contributed by atoms with Crippen LogP contribution in [0.25, 0.3) is 11.5 Å². The van der Waals surface area contributed by atoms with E-state index in [0.29, 0.717) is 0 Å². The average molecular weight is 375 g/mol. The minimum Gasteiger partial charge on any atom is -0.421 e. The molecule has 0 fully saturated rings. The van der Waals surface area contributed by atoms with E-state index in [1.165, 1.54) is 12.1 Å². The van der Waals surface area contributed by atoms with Gasteiger partial charge in [-0.25, -0.2) is 17.5 Å². The van der Waals surface area contributed by atoms with E-state index in [1.807, 2.05) is 19.1 Å². The van der Waals surface area contributed by atoms with E-state index in [-0.39, 0.29) is 36.1 Å². The molecule has 0 aliphatic rings. The summed E-state index contributed by atoms with van der Waals surface area (Å²) in [5.74, 6) is -0.242. The molecule has 0 atom stereocenters. The van der Waals surface area contributed by atoms with Crippen LogP contribution >= 0.6 is 0 Å². The molecule has 3 rings (SSSR count). The normalized spacial score (nSPS) is 11.6. The molecule has 3 aromatic rings. The predicted molar refractivity (Wildman–Crippen MR) is 95.2 cm³/mol. The topological polar surface area (TPSA) is 85.1 Å². The van der Waals surface area contributed by atoms with E-state index in [1.54, 1.807) is 24.3 Å². The standard InChI is InChI=1S/C18H18FN3O3S/c1-13-6-2-3-7-14(13)12-26(23,24)20-11-10-17-21-22-18(25-17)15-8-4-5-9-16(15)19/h2-9,20H,10-12H2,1H3. The molecular weight excluding hydrogens is 357 g/mol. The number of benzene rings is 2. The third-order valence-electron chi connectivity index (χ3n) is 3.84. The molecule has 1 heterocycles. The van der Waals surface area contributed by atoms with Gasteiger partial charge < -0.3 is 4.42 Å². The summed E-state index contributed by atoms with van der Waals surface area (Å²) in [6.45, 7) is 1.99. The van der Waals surface area contributed by atoms with E-state index in [4.69, 9.17) is 4.42 Å². The molecule has 0 aliphatic heterocycles. The number of rotatable bonds is 7. The van der Waals surface area contributed by atoms with E-state index in [0.717, 1.165) is 11.1 Å². The molecule has 0 amide bonds. The van der Waals surface area contributed by atoms with Crippen molar-refractivity contribution in [1.82, 2.24) is 14.9 Å². The average Bonchev–Trinajstić information content (AvgIpc) is 3.06. The summed E-state index contributed by atoms with van der Waals surface area (Å²) < 4.78 is 46.0. The van der Waals surface area contributed by atoms with Crippen LogP contribution in [0.15, 0.2) is 52.9 Å². The smallest absolute Gasteiger partial charge is 0.250 e. The molecule has 2 aromatic carbocycles. The molecule has 1 aromatic heterocycles. The van der Waals surface area contributed by atoms with Gasteiger partial charge in [-0.3, -0.25) is 0 Å². The van der Waals surface area contributed by atoms with Gasteiger partial charge in [0.15, 0.2) is 0 Å². The third-order valence-corrected chi connectivity index (χ3v) is 5.17. The fraction of sp³-hybridized carbons (Fsp3) is 0.222. The SMILES string of the molecule is Cc1ccccc1CS(=O)(=O)NCCc1nnc(-c2ccccc2F)o1. The van der Waals surface area contributed by atoms with Crippen molar-refractivity contribution in [2.45, 2.75) is 19.1 Å². The Balaban J connectivity index is 1.58. The number of hydrogen-bond donors (Lipinski definition) is 1. The van der Waals surface area contributed by atoms with Crippen molar-refractivity contribution < 1.29 is 17.2 Å². The predicted octanol–water partition coefficient (Wildman–Crippen LogP) is 2.85. The monoisotopic (exact) mass is 375 g/mol. The van der Waals surface area contributed by atoms with Gasteiger partial charge in [0, 0.05) is 13.0 Å². The van der Waals surface area contributed by atoms with Crippen molar-refractivity contribution >= 4 is 10.0 Å². The molecule has 0 saturated carbocycles. The summed E-state index contributed by atoms with van der Waals surface area (Å²) in [5.41, 5.74) is 1.88. The molecule has 1 N–H and O–H groups in total. The van der Waals surface area contributed by atoms with Gasteiger partial charge in [-0.1, -0.05) is 36.4 Å². The Labute approximate surface area is 151 Å². The maximum atomic E-state index is 13.7. The van der Waals surface area contributed by atoms with Crippen LogP contribution in [-0.2, 0) is 22.2 Å². The molecule has 26 heavy (non-hydrogen) atoms. The number of nitrogens with one attached hydrogen (secondary N) is 1. The second-order valence-electron chi connectivity index (χ2n) is 5.81. The number of nitrogens with zero attached hydrogens (tertiary/aromatic N) is 2. The molecular formula is C18H18FN3O3S. The molecule has 0 spiro atoms. The lowest BCUT2D eigenvalue weighted by molar-refractivity contribution is 0.498. The quantitative estimate of drug-likeness (QED) is 0.686. The van der Waals surface area contributed by atoms with Gasteiger partial charge >= 0.3 is 0 Å². The van der Waals surface area contributed by atoms with Crippen molar-refractivity contribution in [3.63, 3.8) is 0 Å². The molecule has 8 heteroatoms. The van der Waals surface area contributed by atoms with Crippen molar-refractivity contribution in [2.75, 3.05) is 6.54 Å². The van der Waals surface area contributed by atoms with E-state index in [2.05, 4.69) is 14.9 Å². The van der Waals surface area contributed by atoms with Crippen LogP contribution in [-0.4, -0.2) is 25.2 Å². The Bertz CT molecular complexity index is 1000. The lowest BCUT2D eigenvalue weighted by Crippen LogP contribution is -2.27. The molecule has 0 unspecified atom stereocenters. The summed E-state index contributed by atoms with van der Waals surface area (Å²) in [6, 6.07) is 13.4. The Kier molecular flexibility index (Phi) is 5.43. The second kappa shape index (κ2) is 7.76. The van der Waals surface area contributed by atoms with Gasteiger partial charge in [-0.05, 0) is 30.2 Å². The van der Waals surface area contributed by atoms with Crippen LogP contribution in [0.5, 0.6) is 0 Å². The summed E-state index contributed by atoms with van der Waals surface area (Å²) in [6.07, 6.45) is 0.217. The van der Waals surface area contributed by atoms with Crippen LogP contribution in [0.3, 0.4) is 0 Å². The highest BCUT2D eigenvalue weighted by Gasteiger charge is 2.15. The highest BCUT2D eigenvalue weighted by atomic mass is 32.2. The van der Waals surface area contributed by atoms with Crippen molar-refractivity contribution in [1.29, 1.82) is 0 Å². The summed E-state index contributed by atoms with van der Waals surface area (Å²) in [7, 11) is -3.48. The number of sulfonamides is 1. The Morgan fingerprint density at radius 2 is 1.81 bits per heavy atom. The van der Waals surface area contributed by atoms with Gasteiger partial charge in [0.2, 0.25) is 15.9 Å². The fourth-order valence-corrected chi connectivity index (χ4v) is 3.69. The first-order chi connectivity index (χ1) is 12.4. The lowest BCUT2D eigenvalue weighted by Gasteiger charge is -2.07. The van der Waals surface area contributed by atoms with Crippen LogP contribution in [0.4, 0.5) is 4.39 Å². The highest BCUT2D eigenvalue weighted by molar-refractivity contribution is 7.88. The van der Waals surface area contributed by atoms with Gasteiger partial charge in [0.05, 0.1) is 11.3 Å².